The molecule has 0 fully saturated rings. The lowest BCUT2D eigenvalue weighted by molar-refractivity contribution is 0.148. The number of carbonyl (C=O) groups excluding carboxylic acids is 2. The number of rotatable bonds is 8. The predicted molar refractivity (Wildman–Crippen MR) is 107 cm³/mol. The van der Waals surface area contributed by atoms with E-state index in [4.69, 9.17) is 22.9 Å². The Kier molecular flexibility index (Phi) is 10.8. The summed E-state index contributed by atoms with van der Waals surface area (Å²) in [6, 6.07) is 19.1. The van der Waals surface area contributed by atoms with E-state index in [-0.39, 0.29) is 25.3 Å². The van der Waals surface area contributed by atoms with Gasteiger partial charge in [0.15, 0.2) is 0 Å². The van der Waals surface area contributed by atoms with E-state index in [1.807, 2.05) is 60.7 Å². The van der Waals surface area contributed by atoms with Crippen molar-refractivity contribution in [1.82, 2.24) is 0 Å². The van der Waals surface area contributed by atoms with Gasteiger partial charge in [-0.05, 0) is 24.0 Å². The third-order valence-corrected chi connectivity index (χ3v) is 3.56. The van der Waals surface area contributed by atoms with Gasteiger partial charge in [-0.2, -0.15) is 0 Å². The number of primary amides is 2. The Morgan fingerprint density at radius 3 is 1.29 bits per heavy atom. The molecule has 8 N–H and O–H groups in total. The van der Waals surface area contributed by atoms with Crippen LogP contribution in [-0.2, 0) is 22.3 Å². The number of hydrogen-bond donors (Lipinski definition) is 4. The fourth-order valence-corrected chi connectivity index (χ4v) is 2.33. The van der Waals surface area contributed by atoms with Crippen molar-refractivity contribution in [3.8, 4) is 0 Å². The molecule has 8 heteroatoms. The molecule has 0 bridgehead atoms. The van der Waals surface area contributed by atoms with Gasteiger partial charge in [0.05, 0.1) is 0 Å². The average Bonchev–Trinajstić information content (AvgIpc) is 2.67. The van der Waals surface area contributed by atoms with Gasteiger partial charge in [-0.15, -0.1) is 0 Å². The summed E-state index contributed by atoms with van der Waals surface area (Å²) >= 11 is 0. The minimum atomic E-state index is -0.784. The smallest absolute Gasteiger partial charge is 0.404 e. The molecule has 2 rings (SSSR count). The minimum Gasteiger partial charge on any atom is -0.448 e. The predicted octanol–water partition coefficient (Wildman–Crippen LogP) is 1.30. The molecular weight excluding hydrogens is 360 g/mol. The summed E-state index contributed by atoms with van der Waals surface area (Å²) in [4.78, 5) is 20.6. The fraction of sp³-hybridized carbons (Fsp3) is 0.300. The molecule has 2 amide bonds. The van der Waals surface area contributed by atoms with Crippen molar-refractivity contribution >= 4 is 12.2 Å². The number of benzene rings is 2. The standard InChI is InChI=1S/2C10H14N2O2/c2*11-9(7-14-10(12)13)6-8-4-2-1-3-5-8/h2*1-5,9H,6-7,11H2,(H2,12,13)/t2*9-/m10/s1. The second kappa shape index (κ2) is 13.1. The molecule has 2 aromatic rings. The molecule has 0 heterocycles. The molecule has 8 nitrogen and oxygen atoms in total. The van der Waals surface area contributed by atoms with Crippen LogP contribution in [0.3, 0.4) is 0 Å². The maximum absolute atomic E-state index is 10.3. The van der Waals surface area contributed by atoms with Crippen LogP contribution in [0.5, 0.6) is 0 Å². The SMILES string of the molecule is NC(=O)OC[C@@H](N)Cc1ccccc1.NC(=O)OC[C@H](N)Cc1ccccc1. The Balaban J connectivity index is 0.000000280. The Labute approximate surface area is 164 Å². The second-order valence-electron chi connectivity index (χ2n) is 6.16. The van der Waals surface area contributed by atoms with Gasteiger partial charge in [0.2, 0.25) is 0 Å². The van der Waals surface area contributed by atoms with E-state index < -0.39 is 12.2 Å². The van der Waals surface area contributed by atoms with Crippen LogP contribution in [-0.4, -0.2) is 37.5 Å². The lowest BCUT2D eigenvalue weighted by atomic mass is 10.1. The average molecular weight is 388 g/mol. The molecule has 2 atom stereocenters. The minimum absolute atomic E-state index is 0.157. The van der Waals surface area contributed by atoms with Crippen molar-refractivity contribution in [1.29, 1.82) is 0 Å². The first-order chi connectivity index (χ1) is 13.4. The second-order valence-corrected chi connectivity index (χ2v) is 6.16. The first-order valence-electron chi connectivity index (χ1n) is 8.80. The largest absolute Gasteiger partial charge is 0.448 e. The summed E-state index contributed by atoms with van der Waals surface area (Å²) in [5.41, 5.74) is 23.3. The molecule has 0 aliphatic carbocycles. The fourth-order valence-electron chi connectivity index (χ4n) is 2.33. The third kappa shape index (κ3) is 11.5. The molecule has 0 saturated heterocycles. The highest BCUT2D eigenvalue weighted by Gasteiger charge is 2.06. The van der Waals surface area contributed by atoms with E-state index in [1.54, 1.807) is 0 Å². The van der Waals surface area contributed by atoms with Crippen molar-refractivity contribution < 1.29 is 19.1 Å². The highest BCUT2D eigenvalue weighted by Crippen LogP contribution is 2.02. The molecule has 152 valence electrons. The molecule has 0 aliphatic heterocycles. The van der Waals surface area contributed by atoms with Crippen LogP contribution in [0.1, 0.15) is 11.1 Å². The molecular formula is C20H28N4O4. The summed E-state index contributed by atoms with van der Waals surface area (Å²) in [6.45, 7) is 0.314. The van der Waals surface area contributed by atoms with Crippen LogP contribution < -0.4 is 22.9 Å². The highest BCUT2D eigenvalue weighted by atomic mass is 16.5. The van der Waals surface area contributed by atoms with E-state index in [2.05, 4.69) is 9.47 Å². The number of hydrogen-bond acceptors (Lipinski definition) is 6. The van der Waals surface area contributed by atoms with E-state index in [1.165, 1.54) is 0 Å². The molecule has 0 unspecified atom stereocenters. The van der Waals surface area contributed by atoms with Gasteiger partial charge in [0.25, 0.3) is 0 Å². The van der Waals surface area contributed by atoms with Gasteiger partial charge < -0.3 is 32.4 Å². The molecule has 28 heavy (non-hydrogen) atoms. The first-order valence-corrected chi connectivity index (χ1v) is 8.80. The van der Waals surface area contributed by atoms with E-state index in [9.17, 15) is 9.59 Å². The highest BCUT2D eigenvalue weighted by molar-refractivity contribution is 5.64. The monoisotopic (exact) mass is 388 g/mol. The lowest BCUT2D eigenvalue weighted by Gasteiger charge is -2.10. The number of amides is 2. The van der Waals surface area contributed by atoms with Crippen molar-refractivity contribution in [3.63, 3.8) is 0 Å². The van der Waals surface area contributed by atoms with Crippen molar-refractivity contribution in [2.75, 3.05) is 13.2 Å². The van der Waals surface area contributed by atoms with Gasteiger partial charge in [-0.3, -0.25) is 0 Å². The van der Waals surface area contributed by atoms with Crippen LogP contribution >= 0.6 is 0 Å². The Hall–Kier alpha value is -3.10. The van der Waals surface area contributed by atoms with Crippen molar-refractivity contribution in [2.45, 2.75) is 24.9 Å². The maximum atomic E-state index is 10.3. The lowest BCUT2D eigenvalue weighted by Crippen LogP contribution is -2.31. The molecule has 2 aromatic carbocycles. The summed E-state index contributed by atoms with van der Waals surface area (Å²) in [5, 5.41) is 0. The molecule has 0 aromatic heterocycles. The van der Waals surface area contributed by atoms with Gasteiger partial charge in [-0.1, -0.05) is 60.7 Å². The number of ether oxygens (including phenoxy) is 2. The van der Waals surface area contributed by atoms with Gasteiger partial charge in [0.1, 0.15) is 13.2 Å². The zero-order valence-corrected chi connectivity index (χ0v) is 15.7. The number of nitrogens with two attached hydrogens (primary N) is 4. The van der Waals surface area contributed by atoms with Crippen molar-refractivity contribution in [3.05, 3.63) is 71.8 Å². The van der Waals surface area contributed by atoms with E-state index >= 15 is 0 Å². The van der Waals surface area contributed by atoms with Crippen LogP contribution in [0.2, 0.25) is 0 Å². The summed E-state index contributed by atoms with van der Waals surface area (Å²) in [6.07, 6.45) is -0.218. The normalized spacial score (nSPS) is 12.1. The maximum Gasteiger partial charge on any atom is 0.404 e. The van der Waals surface area contributed by atoms with Crippen LogP contribution in [0, 0.1) is 0 Å². The summed E-state index contributed by atoms with van der Waals surface area (Å²) < 4.78 is 9.18. The summed E-state index contributed by atoms with van der Waals surface area (Å²) in [5.74, 6) is 0. The van der Waals surface area contributed by atoms with Crippen molar-refractivity contribution in [2.24, 2.45) is 22.9 Å². The van der Waals surface area contributed by atoms with Gasteiger partial charge >= 0.3 is 12.2 Å². The zero-order valence-electron chi connectivity index (χ0n) is 15.7. The Bertz CT molecular complexity index is 636. The number of carbonyl (C=O) groups is 2. The quantitative estimate of drug-likeness (QED) is 0.534. The molecule has 0 spiro atoms. The first kappa shape index (κ1) is 22.9. The summed E-state index contributed by atoms with van der Waals surface area (Å²) in [7, 11) is 0. The van der Waals surface area contributed by atoms with E-state index in [0.29, 0.717) is 12.8 Å². The van der Waals surface area contributed by atoms with Crippen LogP contribution in [0.15, 0.2) is 60.7 Å². The molecule has 0 saturated carbocycles. The van der Waals surface area contributed by atoms with Gasteiger partial charge in [0, 0.05) is 12.1 Å². The Morgan fingerprint density at radius 1 is 0.679 bits per heavy atom. The topological polar surface area (TPSA) is 157 Å². The van der Waals surface area contributed by atoms with E-state index in [0.717, 1.165) is 11.1 Å². The third-order valence-electron chi connectivity index (χ3n) is 3.56. The molecule has 0 aliphatic rings. The zero-order chi connectivity index (χ0) is 20.8. The molecule has 0 radical (unpaired) electrons. The van der Waals surface area contributed by atoms with Gasteiger partial charge in [-0.25, -0.2) is 9.59 Å². The van der Waals surface area contributed by atoms with Crippen LogP contribution in [0.25, 0.3) is 0 Å². The van der Waals surface area contributed by atoms with Crippen LogP contribution in [0.4, 0.5) is 9.59 Å². The Morgan fingerprint density at radius 2 is 1.00 bits per heavy atom.